The van der Waals surface area contributed by atoms with Crippen LogP contribution in [0.2, 0.25) is 0 Å². The van der Waals surface area contributed by atoms with Crippen molar-refractivity contribution in [2.45, 2.75) is 39.0 Å². The summed E-state index contributed by atoms with van der Waals surface area (Å²) in [6.45, 7) is 6.95. The predicted octanol–water partition coefficient (Wildman–Crippen LogP) is 5.79. The van der Waals surface area contributed by atoms with Crippen molar-refractivity contribution >= 4 is 28.4 Å². The van der Waals surface area contributed by atoms with E-state index in [1.54, 1.807) is 16.9 Å². The normalized spacial score (nSPS) is 11.3. The van der Waals surface area contributed by atoms with Crippen molar-refractivity contribution in [3.63, 3.8) is 0 Å². The van der Waals surface area contributed by atoms with Gasteiger partial charge in [0, 0.05) is 17.0 Å². The Bertz CT molecular complexity index is 1600. The van der Waals surface area contributed by atoms with Crippen LogP contribution in [0.25, 0.3) is 10.9 Å². The number of thioether (sulfide) groups is 1. The molecule has 0 unspecified atom stereocenters. The molecule has 6 nitrogen and oxygen atoms in total. The van der Waals surface area contributed by atoms with E-state index >= 15 is 0 Å². The topological polar surface area (TPSA) is 70.0 Å². The van der Waals surface area contributed by atoms with Gasteiger partial charge in [0.05, 0.1) is 36.0 Å². The third kappa shape index (κ3) is 4.79. The summed E-state index contributed by atoms with van der Waals surface area (Å²) in [4.78, 5) is 31.5. The highest BCUT2D eigenvalue weighted by atomic mass is 32.2. The van der Waals surface area contributed by atoms with Gasteiger partial charge in [-0.3, -0.25) is 14.2 Å². The first kappa shape index (κ1) is 23.9. The number of aryl methyl sites for hydroxylation is 2. The van der Waals surface area contributed by atoms with Crippen molar-refractivity contribution in [2.75, 3.05) is 5.75 Å². The van der Waals surface area contributed by atoms with Crippen LogP contribution < -0.4 is 5.56 Å². The second-order valence-electron chi connectivity index (χ2n) is 8.95. The summed E-state index contributed by atoms with van der Waals surface area (Å²) < 4.78 is 9.24. The molecule has 0 N–H and O–H groups in total. The molecule has 0 fully saturated rings. The molecule has 182 valence electrons. The third-order valence-electron chi connectivity index (χ3n) is 6.39. The lowest BCUT2D eigenvalue weighted by molar-refractivity contribution is 0.102. The molecule has 0 saturated carbocycles. The molecule has 0 amide bonds. The fourth-order valence-electron chi connectivity index (χ4n) is 4.37. The molecule has 5 rings (SSSR count). The smallest absolute Gasteiger partial charge is 0.262 e. The minimum atomic E-state index is -0.104. The van der Waals surface area contributed by atoms with Crippen LogP contribution in [-0.2, 0) is 13.1 Å². The average Bonchev–Trinajstić information content (AvgIpc) is 3.49. The maximum absolute atomic E-state index is 13.4. The molecule has 3 heterocycles. The zero-order chi connectivity index (χ0) is 25.2. The summed E-state index contributed by atoms with van der Waals surface area (Å²) in [5, 5.41) is 1.11. The molecule has 0 aliphatic heterocycles. The first-order valence-electron chi connectivity index (χ1n) is 11.8. The molecule has 5 aromatic rings. The first-order valence-corrected chi connectivity index (χ1v) is 12.8. The number of fused-ring (bicyclic) bond motifs is 1. The van der Waals surface area contributed by atoms with Gasteiger partial charge in [-0.05, 0) is 56.7 Å². The highest BCUT2D eigenvalue weighted by Gasteiger charge is 2.19. The van der Waals surface area contributed by atoms with Gasteiger partial charge in [-0.2, -0.15) is 0 Å². The monoisotopic (exact) mass is 497 g/mol. The Hall–Kier alpha value is -3.84. The number of rotatable bonds is 8. The van der Waals surface area contributed by atoms with Crippen molar-refractivity contribution in [3.05, 3.63) is 117 Å². The van der Waals surface area contributed by atoms with Gasteiger partial charge in [0.15, 0.2) is 10.9 Å². The zero-order valence-corrected chi connectivity index (χ0v) is 21.3. The average molecular weight is 498 g/mol. The Morgan fingerprint density at radius 3 is 2.47 bits per heavy atom. The van der Waals surface area contributed by atoms with Crippen LogP contribution in [0.4, 0.5) is 0 Å². The number of ketones is 1. The van der Waals surface area contributed by atoms with E-state index in [1.807, 2.05) is 81.4 Å². The van der Waals surface area contributed by atoms with Crippen molar-refractivity contribution < 1.29 is 9.21 Å². The lowest BCUT2D eigenvalue weighted by atomic mass is 10.1. The van der Waals surface area contributed by atoms with Crippen LogP contribution in [0.15, 0.2) is 87.4 Å². The summed E-state index contributed by atoms with van der Waals surface area (Å²) in [6, 6.07) is 21.2. The maximum atomic E-state index is 13.4. The first-order chi connectivity index (χ1) is 17.4. The summed E-state index contributed by atoms with van der Waals surface area (Å²) in [7, 11) is 0. The van der Waals surface area contributed by atoms with E-state index in [-0.39, 0.29) is 17.1 Å². The number of Topliss-reactive ketones (excluding diaryl/α,β-unsaturated/α-hetero) is 1. The van der Waals surface area contributed by atoms with Crippen molar-refractivity contribution in [2.24, 2.45) is 0 Å². The summed E-state index contributed by atoms with van der Waals surface area (Å²) in [5.41, 5.74) is 5.28. The quantitative estimate of drug-likeness (QED) is 0.154. The van der Waals surface area contributed by atoms with E-state index in [9.17, 15) is 9.59 Å². The number of benzene rings is 2. The molecule has 2 aromatic carbocycles. The van der Waals surface area contributed by atoms with Gasteiger partial charge in [0.25, 0.3) is 5.56 Å². The number of carbonyl (C=O) groups is 1. The van der Waals surface area contributed by atoms with Crippen LogP contribution in [-0.4, -0.2) is 25.7 Å². The van der Waals surface area contributed by atoms with Crippen LogP contribution in [0.3, 0.4) is 0 Å². The molecule has 7 heteroatoms. The van der Waals surface area contributed by atoms with E-state index in [0.29, 0.717) is 34.7 Å². The minimum absolute atomic E-state index is 0.00286. The van der Waals surface area contributed by atoms with Crippen molar-refractivity contribution in [3.8, 4) is 0 Å². The SMILES string of the molecule is Cc1ccc(Cn2c(SCC(=O)c3cc(C)n(Cc4ccco4)c3C)nc3ccccc3c2=O)cc1. The van der Waals surface area contributed by atoms with E-state index in [0.717, 1.165) is 28.3 Å². The van der Waals surface area contributed by atoms with Gasteiger partial charge in [0.1, 0.15) is 5.76 Å². The van der Waals surface area contributed by atoms with Gasteiger partial charge in [-0.15, -0.1) is 0 Å². The number of carbonyl (C=O) groups excluding carboxylic acids is 1. The van der Waals surface area contributed by atoms with Crippen LogP contribution in [0, 0.1) is 20.8 Å². The highest BCUT2D eigenvalue weighted by molar-refractivity contribution is 7.99. The van der Waals surface area contributed by atoms with Crippen molar-refractivity contribution in [1.82, 2.24) is 14.1 Å². The number of furan rings is 1. The third-order valence-corrected chi connectivity index (χ3v) is 7.36. The number of nitrogens with zero attached hydrogens (tertiary/aromatic N) is 3. The lowest BCUT2D eigenvalue weighted by Crippen LogP contribution is -2.24. The molecular formula is C29H27N3O3S. The van der Waals surface area contributed by atoms with E-state index in [2.05, 4.69) is 4.57 Å². The number of aromatic nitrogens is 3. The lowest BCUT2D eigenvalue weighted by Gasteiger charge is -2.13. The Kier molecular flexibility index (Phi) is 6.65. The van der Waals surface area contributed by atoms with Gasteiger partial charge in [-0.1, -0.05) is 53.7 Å². The van der Waals surface area contributed by atoms with E-state index in [1.165, 1.54) is 11.8 Å². The zero-order valence-electron chi connectivity index (χ0n) is 20.5. The van der Waals surface area contributed by atoms with Crippen LogP contribution >= 0.6 is 11.8 Å². The maximum Gasteiger partial charge on any atom is 0.262 e. The van der Waals surface area contributed by atoms with Crippen molar-refractivity contribution in [1.29, 1.82) is 0 Å². The predicted molar refractivity (Wildman–Crippen MR) is 143 cm³/mol. The second kappa shape index (κ2) is 10.0. The van der Waals surface area contributed by atoms with Gasteiger partial charge < -0.3 is 8.98 Å². The molecule has 0 aliphatic rings. The van der Waals surface area contributed by atoms with Gasteiger partial charge in [0.2, 0.25) is 0 Å². The molecule has 0 aliphatic carbocycles. The Morgan fingerprint density at radius 2 is 1.72 bits per heavy atom. The molecule has 0 atom stereocenters. The molecule has 36 heavy (non-hydrogen) atoms. The fraction of sp³-hybridized carbons (Fsp3) is 0.207. The Balaban J connectivity index is 1.43. The number of hydrogen-bond donors (Lipinski definition) is 0. The molecular weight excluding hydrogens is 470 g/mol. The Morgan fingerprint density at radius 1 is 0.944 bits per heavy atom. The fourth-order valence-corrected chi connectivity index (χ4v) is 5.25. The van der Waals surface area contributed by atoms with Gasteiger partial charge in [-0.25, -0.2) is 4.98 Å². The molecule has 0 bridgehead atoms. The summed E-state index contributed by atoms with van der Waals surface area (Å²) in [5.74, 6) is 1.03. The Labute approximate surface area is 213 Å². The number of para-hydroxylation sites is 1. The molecule has 3 aromatic heterocycles. The van der Waals surface area contributed by atoms with Gasteiger partial charge >= 0.3 is 0 Å². The number of hydrogen-bond acceptors (Lipinski definition) is 5. The minimum Gasteiger partial charge on any atom is -0.467 e. The molecule has 0 spiro atoms. The highest BCUT2D eigenvalue weighted by Crippen LogP contribution is 2.23. The molecule has 0 radical (unpaired) electrons. The summed E-state index contributed by atoms with van der Waals surface area (Å²) >= 11 is 1.31. The van der Waals surface area contributed by atoms with E-state index in [4.69, 9.17) is 9.40 Å². The van der Waals surface area contributed by atoms with Crippen LogP contribution in [0.1, 0.15) is 38.6 Å². The molecule has 0 saturated heterocycles. The largest absolute Gasteiger partial charge is 0.467 e. The summed E-state index contributed by atoms with van der Waals surface area (Å²) in [6.07, 6.45) is 1.65. The van der Waals surface area contributed by atoms with E-state index < -0.39 is 0 Å². The second-order valence-corrected chi connectivity index (χ2v) is 9.89. The van der Waals surface area contributed by atoms with Crippen LogP contribution in [0.5, 0.6) is 0 Å². The standard InChI is InChI=1S/C29H27N3O3S/c1-19-10-12-22(13-11-19)16-32-28(34)24-8-4-5-9-26(24)30-29(32)36-18-27(33)25-15-20(2)31(21(25)3)17-23-7-6-14-35-23/h4-15H,16-18H2,1-3H3.